The second kappa shape index (κ2) is 4.94. The van der Waals surface area contributed by atoms with Crippen LogP contribution in [0.25, 0.3) is 11.3 Å². The topological polar surface area (TPSA) is 54.7 Å². The van der Waals surface area contributed by atoms with Gasteiger partial charge in [-0.05, 0) is 31.9 Å². The predicted molar refractivity (Wildman–Crippen MR) is 75.7 cm³/mol. The fraction of sp³-hybridized carbons (Fsp3) is 0.400. The molecule has 0 saturated heterocycles. The summed E-state index contributed by atoms with van der Waals surface area (Å²) in [6, 6.07) is 4.41. The van der Waals surface area contributed by atoms with Crippen molar-refractivity contribution in [2.75, 3.05) is 6.54 Å². The summed E-state index contributed by atoms with van der Waals surface area (Å²) < 4.78 is 0. The molecule has 0 aliphatic heterocycles. The number of rotatable bonds is 3. The van der Waals surface area contributed by atoms with E-state index in [9.17, 15) is 0 Å². The third-order valence-corrected chi connectivity index (χ3v) is 3.36. The minimum absolute atomic E-state index is 0.268. The first kappa shape index (κ1) is 12.8. The SMILES string of the molecule is Cc1cc(C)c(-c2cnc(C(C)CN)[nH]2)c(C)c1. The highest BCUT2D eigenvalue weighted by atomic mass is 14.9. The van der Waals surface area contributed by atoms with Crippen molar-refractivity contribution in [1.82, 2.24) is 9.97 Å². The highest BCUT2D eigenvalue weighted by Crippen LogP contribution is 2.27. The first-order chi connectivity index (χ1) is 8.52. The molecular formula is C15H21N3. The molecule has 1 atom stereocenters. The Morgan fingerprint density at radius 3 is 2.39 bits per heavy atom. The highest BCUT2D eigenvalue weighted by Gasteiger charge is 2.12. The number of aromatic nitrogens is 2. The summed E-state index contributed by atoms with van der Waals surface area (Å²) >= 11 is 0. The van der Waals surface area contributed by atoms with E-state index >= 15 is 0 Å². The molecule has 2 rings (SSSR count). The largest absolute Gasteiger partial charge is 0.342 e. The van der Waals surface area contributed by atoms with Crippen LogP contribution in [0.15, 0.2) is 18.3 Å². The van der Waals surface area contributed by atoms with Crippen molar-refractivity contribution in [3.05, 3.63) is 40.8 Å². The van der Waals surface area contributed by atoms with Crippen molar-refractivity contribution in [2.24, 2.45) is 5.73 Å². The van der Waals surface area contributed by atoms with Crippen LogP contribution >= 0.6 is 0 Å². The molecule has 0 aliphatic carbocycles. The molecule has 3 heteroatoms. The molecule has 1 aromatic carbocycles. The van der Waals surface area contributed by atoms with Crippen molar-refractivity contribution in [1.29, 1.82) is 0 Å². The number of aryl methyl sites for hydroxylation is 3. The maximum atomic E-state index is 5.67. The van der Waals surface area contributed by atoms with Crippen molar-refractivity contribution in [3.63, 3.8) is 0 Å². The van der Waals surface area contributed by atoms with Gasteiger partial charge in [-0.25, -0.2) is 4.98 Å². The summed E-state index contributed by atoms with van der Waals surface area (Å²) in [5, 5.41) is 0. The quantitative estimate of drug-likeness (QED) is 0.870. The average Bonchev–Trinajstić information content (AvgIpc) is 2.76. The van der Waals surface area contributed by atoms with Gasteiger partial charge in [0.15, 0.2) is 0 Å². The number of nitrogens with two attached hydrogens (primary N) is 1. The Kier molecular flexibility index (Phi) is 3.53. The molecule has 0 fully saturated rings. The molecular weight excluding hydrogens is 222 g/mol. The lowest BCUT2D eigenvalue weighted by molar-refractivity contribution is 0.725. The summed E-state index contributed by atoms with van der Waals surface area (Å²) in [6.45, 7) is 9.10. The Balaban J connectivity index is 2.46. The lowest BCUT2D eigenvalue weighted by atomic mass is 9.98. The Morgan fingerprint density at radius 2 is 1.83 bits per heavy atom. The molecule has 0 bridgehead atoms. The Morgan fingerprint density at radius 1 is 1.22 bits per heavy atom. The van der Waals surface area contributed by atoms with Gasteiger partial charge in [0.1, 0.15) is 5.82 Å². The third kappa shape index (κ3) is 2.31. The fourth-order valence-electron chi connectivity index (χ4n) is 2.43. The highest BCUT2D eigenvalue weighted by molar-refractivity contribution is 5.67. The molecule has 0 radical (unpaired) electrons. The first-order valence-electron chi connectivity index (χ1n) is 6.36. The van der Waals surface area contributed by atoms with E-state index in [4.69, 9.17) is 5.73 Å². The average molecular weight is 243 g/mol. The third-order valence-electron chi connectivity index (χ3n) is 3.36. The van der Waals surface area contributed by atoms with Gasteiger partial charge in [0.05, 0.1) is 11.9 Å². The molecule has 0 spiro atoms. The maximum Gasteiger partial charge on any atom is 0.110 e. The Bertz CT molecular complexity index is 532. The molecule has 0 saturated carbocycles. The number of hydrogen-bond donors (Lipinski definition) is 2. The second-order valence-corrected chi connectivity index (χ2v) is 5.09. The second-order valence-electron chi connectivity index (χ2n) is 5.09. The van der Waals surface area contributed by atoms with Crippen LogP contribution in [0.2, 0.25) is 0 Å². The van der Waals surface area contributed by atoms with E-state index < -0.39 is 0 Å². The van der Waals surface area contributed by atoms with Gasteiger partial charge in [-0.3, -0.25) is 0 Å². The van der Waals surface area contributed by atoms with Crippen LogP contribution in [0.1, 0.15) is 35.4 Å². The number of nitrogens with one attached hydrogen (secondary N) is 1. The molecule has 2 aromatic rings. The lowest BCUT2D eigenvalue weighted by Gasteiger charge is -2.09. The summed E-state index contributed by atoms with van der Waals surface area (Å²) in [5.41, 5.74) is 11.9. The summed E-state index contributed by atoms with van der Waals surface area (Å²) in [5.74, 6) is 1.23. The van der Waals surface area contributed by atoms with Crippen molar-refractivity contribution < 1.29 is 0 Å². The number of nitrogens with zero attached hydrogens (tertiary/aromatic N) is 1. The number of H-pyrrole nitrogens is 1. The van der Waals surface area contributed by atoms with Gasteiger partial charge < -0.3 is 10.7 Å². The summed E-state index contributed by atoms with van der Waals surface area (Å²) in [6.07, 6.45) is 1.91. The molecule has 96 valence electrons. The van der Waals surface area contributed by atoms with E-state index in [1.54, 1.807) is 0 Å². The molecule has 1 aromatic heterocycles. The van der Waals surface area contributed by atoms with E-state index in [0.29, 0.717) is 6.54 Å². The lowest BCUT2D eigenvalue weighted by Crippen LogP contribution is -2.10. The minimum atomic E-state index is 0.268. The molecule has 18 heavy (non-hydrogen) atoms. The zero-order valence-electron chi connectivity index (χ0n) is 11.5. The number of imidazole rings is 1. The summed E-state index contributed by atoms with van der Waals surface area (Å²) in [4.78, 5) is 7.82. The van der Waals surface area contributed by atoms with E-state index in [-0.39, 0.29) is 5.92 Å². The zero-order valence-corrected chi connectivity index (χ0v) is 11.5. The number of benzene rings is 1. The van der Waals surface area contributed by atoms with E-state index in [2.05, 4.69) is 49.8 Å². The van der Waals surface area contributed by atoms with Crippen LogP contribution in [-0.4, -0.2) is 16.5 Å². The van der Waals surface area contributed by atoms with Gasteiger partial charge >= 0.3 is 0 Å². The maximum absolute atomic E-state index is 5.67. The van der Waals surface area contributed by atoms with Gasteiger partial charge in [-0.1, -0.05) is 24.6 Å². The van der Waals surface area contributed by atoms with Crippen LogP contribution < -0.4 is 5.73 Å². The fourth-order valence-corrected chi connectivity index (χ4v) is 2.43. The monoisotopic (exact) mass is 243 g/mol. The predicted octanol–water partition coefficient (Wildman–Crippen LogP) is 3.06. The first-order valence-corrected chi connectivity index (χ1v) is 6.36. The Hall–Kier alpha value is -1.61. The van der Waals surface area contributed by atoms with Gasteiger partial charge in [0.2, 0.25) is 0 Å². The molecule has 3 N–H and O–H groups in total. The number of aromatic amines is 1. The van der Waals surface area contributed by atoms with Crippen LogP contribution in [0.4, 0.5) is 0 Å². The van der Waals surface area contributed by atoms with E-state index in [1.807, 2.05) is 6.20 Å². The van der Waals surface area contributed by atoms with Crippen molar-refractivity contribution in [3.8, 4) is 11.3 Å². The smallest absolute Gasteiger partial charge is 0.110 e. The molecule has 3 nitrogen and oxygen atoms in total. The standard InChI is InChI=1S/C15H21N3/c1-9-5-10(2)14(11(3)6-9)13-8-17-15(18-13)12(4)7-16/h5-6,8,12H,7,16H2,1-4H3,(H,17,18). The molecule has 1 unspecified atom stereocenters. The van der Waals surface area contributed by atoms with Crippen LogP contribution in [0.5, 0.6) is 0 Å². The Labute approximate surface area is 108 Å². The van der Waals surface area contributed by atoms with Crippen molar-refractivity contribution >= 4 is 0 Å². The molecule has 0 amide bonds. The molecule has 1 heterocycles. The van der Waals surface area contributed by atoms with Gasteiger partial charge in [0, 0.05) is 18.0 Å². The minimum Gasteiger partial charge on any atom is -0.342 e. The van der Waals surface area contributed by atoms with E-state index in [0.717, 1.165) is 11.5 Å². The van der Waals surface area contributed by atoms with Crippen LogP contribution in [0.3, 0.4) is 0 Å². The zero-order chi connectivity index (χ0) is 13.3. The number of hydrogen-bond acceptors (Lipinski definition) is 2. The molecule has 0 aliphatic rings. The van der Waals surface area contributed by atoms with Gasteiger partial charge in [-0.15, -0.1) is 0 Å². The van der Waals surface area contributed by atoms with Crippen LogP contribution in [0, 0.1) is 20.8 Å². The summed E-state index contributed by atoms with van der Waals surface area (Å²) in [7, 11) is 0. The van der Waals surface area contributed by atoms with Gasteiger partial charge in [0.25, 0.3) is 0 Å². The normalized spacial score (nSPS) is 12.7. The van der Waals surface area contributed by atoms with Gasteiger partial charge in [-0.2, -0.15) is 0 Å². The van der Waals surface area contributed by atoms with Crippen LogP contribution in [-0.2, 0) is 0 Å². The van der Waals surface area contributed by atoms with E-state index in [1.165, 1.54) is 22.3 Å². The van der Waals surface area contributed by atoms with Crippen molar-refractivity contribution in [2.45, 2.75) is 33.6 Å².